The maximum absolute atomic E-state index is 3.59. The molecule has 3 atom stereocenters. The Morgan fingerprint density at radius 2 is 1.79 bits per heavy atom. The normalized spacial score (nSPS) is 40.1. The summed E-state index contributed by atoms with van der Waals surface area (Å²) in [5, 5.41) is 3.59. The third-order valence-corrected chi connectivity index (χ3v) is 5.23. The monoisotopic (exact) mass is 195 g/mol. The average Bonchev–Trinajstić information content (AvgIpc) is 2.22. The van der Waals surface area contributed by atoms with Gasteiger partial charge in [-0.3, -0.25) is 0 Å². The molecule has 1 heteroatoms. The highest BCUT2D eigenvalue weighted by Crippen LogP contribution is 2.60. The Kier molecular flexibility index (Phi) is 2.88. The third-order valence-electron chi connectivity index (χ3n) is 5.23. The standard InChI is InChI=1S/C13H25N/c1-4-13(5-2)11-9-7-6-8-10(11)12(13)14-3/h10-12,14H,4-9H2,1-3H3. The van der Waals surface area contributed by atoms with Gasteiger partial charge in [-0.25, -0.2) is 0 Å². The molecule has 0 amide bonds. The molecule has 1 N–H and O–H groups in total. The Labute approximate surface area is 88.7 Å². The van der Waals surface area contributed by atoms with Gasteiger partial charge < -0.3 is 5.32 Å². The molecule has 0 aromatic carbocycles. The SMILES string of the molecule is CCC1(CC)C2CCCCC2C1NC. The Morgan fingerprint density at radius 1 is 1.14 bits per heavy atom. The highest BCUT2D eigenvalue weighted by molar-refractivity contribution is 5.11. The summed E-state index contributed by atoms with van der Waals surface area (Å²) in [7, 11) is 2.16. The van der Waals surface area contributed by atoms with Crippen molar-refractivity contribution in [3.8, 4) is 0 Å². The topological polar surface area (TPSA) is 12.0 Å². The van der Waals surface area contributed by atoms with Crippen LogP contribution in [0.1, 0.15) is 52.4 Å². The van der Waals surface area contributed by atoms with Crippen LogP contribution < -0.4 is 5.32 Å². The predicted octanol–water partition coefficient (Wildman–Crippen LogP) is 3.20. The molecule has 3 unspecified atom stereocenters. The zero-order valence-corrected chi connectivity index (χ0v) is 9.97. The fraction of sp³-hybridized carbons (Fsp3) is 1.00. The Hall–Kier alpha value is -0.0400. The van der Waals surface area contributed by atoms with E-state index < -0.39 is 0 Å². The molecule has 0 radical (unpaired) electrons. The maximum atomic E-state index is 3.59. The third kappa shape index (κ3) is 1.18. The molecule has 2 aliphatic carbocycles. The van der Waals surface area contributed by atoms with Crippen LogP contribution in [0.4, 0.5) is 0 Å². The average molecular weight is 195 g/mol. The molecule has 0 saturated heterocycles. The van der Waals surface area contributed by atoms with Gasteiger partial charge in [-0.2, -0.15) is 0 Å². The largest absolute Gasteiger partial charge is 0.316 e. The molecule has 1 nitrogen and oxygen atoms in total. The van der Waals surface area contributed by atoms with Crippen molar-refractivity contribution in [1.29, 1.82) is 0 Å². The molecule has 0 aliphatic heterocycles. The van der Waals surface area contributed by atoms with Gasteiger partial charge in [-0.1, -0.05) is 26.7 Å². The van der Waals surface area contributed by atoms with E-state index in [0.29, 0.717) is 5.41 Å². The molecule has 0 heterocycles. The summed E-state index contributed by atoms with van der Waals surface area (Å²) in [5.41, 5.74) is 0.653. The summed E-state index contributed by atoms with van der Waals surface area (Å²) in [6.45, 7) is 4.78. The maximum Gasteiger partial charge on any atom is 0.0154 e. The molecule has 0 spiro atoms. The van der Waals surface area contributed by atoms with E-state index in [1.54, 1.807) is 0 Å². The summed E-state index contributed by atoms with van der Waals surface area (Å²) in [6.07, 6.45) is 8.69. The first-order chi connectivity index (χ1) is 6.80. The van der Waals surface area contributed by atoms with Gasteiger partial charge in [-0.05, 0) is 50.0 Å². The first kappa shape index (κ1) is 10.5. The van der Waals surface area contributed by atoms with Crippen LogP contribution in [-0.2, 0) is 0 Å². The van der Waals surface area contributed by atoms with E-state index in [1.807, 2.05) is 0 Å². The molecule has 2 rings (SSSR count). The second-order valence-electron chi connectivity index (χ2n) is 5.26. The molecular weight excluding hydrogens is 170 g/mol. The molecule has 0 aromatic heterocycles. The number of fused-ring (bicyclic) bond motifs is 1. The van der Waals surface area contributed by atoms with Gasteiger partial charge in [0.15, 0.2) is 0 Å². The molecule has 82 valence electrons. The van der Waals surface area contributed by atoms with E-state index in [2.05, 4.69) is 26.2 Å². The van der Waals surface area contributed by atoms with E-state index in [4.69, 9.17) is 0 Å². The summed E-state index contributed by atoms with van der Waals surface area (Å²) in [4.78, 5) is 0. The van der Waals surface area contributed by atoms with Gasteiger partial charge in [0.25, 0.3) is 0 Å². The second kappa shape index (κ2) is 3.84. The number of nitrogens with one attached hydrogen (secondary N) is 1. The summed E-state index contributed by atoms with van der Waals surface area (Å²) in [5.74, 6) is 2.05. The van der Waals surface area contributed by atoms with E-state index in [0.717, 1.165) is 17.9 Å². The van der Waals surface area contributed by atoms with Crippen molar-refractivity contribution < 1.29 is 0 Å². The first-order valence-electron chi connectivity index (χ1n) is 6.47. The van der Waals surface area contributed by atoms with Gasteiger partial charge in [0.2, 0.25) is 0 Å². The van der Waals surface area contributed by atoms with Crippen LogP contribution in [0, 0.1) is 17.3 Å². The van der Waals surface area contributed by atoms with Gasteiger partial charge >= 0.3 is 0 Å². The first-order valence-corrected chi connectivity index (χ1v) is 6.47. The molecule has 2 aliphatic rings. The van der Waals surface area contributed by atoms with Gasteiger partial charge in [-0.15, -0.1) is 0 Å². The van der Waals surface area contributed by atoms with E-state index in [1.165, 1.54) is 38.5 Å². The summed E-state index contributed by atoms with van der Waals surface area (Å²) in [6, 6.07) is 0.822. The minimum absolute atomic E-state index is 0.653. The zero-order valence-electron chi connectivity index (χ0n) is 9.97. The van der Waals surface area contributed by atoms with Gasteiger partial charge in [0.05, 0.1) is 0 Å². The van der Waals surface area contributed by atoms with Gasteiger partial charge in [0, 0.05) is 6.04 Å². The lowest BCUT2D eigenvalue weighted by molar-refractivity contribution is -0.115. The fourth-order valence-corrected chi connectivity index (χ4v) is 4.53. The lowest BCUT2D eigenvalue weighted by Crippen LogP contribution is -2.66. The van der Waals surface area contributed by atoms with Crippen molar-refractivity contribution in [1.82, 2.24) is 5.32 Å². The van der Waals surface area contributed by atoms with Crippen molar-refractivity contribution >= 4 is 0 Å². The van der Waals surface area contributed by atoms with Gasteiger partial charge in [0.1, 0.15) is 0 Å². The highest BCUT2D eigenvalue weighted by atomic mass is 15.0. The zero-order chi connectivity index (χ0) is 10.2. The highest BCUT2D eigenvalue weighted by Gasteiger charge is 2.58. The number of hydrogen-bond donors (Lipinski definition) is 1. The van der Waals surface area contributed by atoms with Crippen molar-refractivity contribution in [2.45, 2.75) is 58.4 Å². The van der Waals surface area contributed by atoms with Crippen LogP contribution >= 0.6 is 0 Å². The van der Waals surface area contributed by atoms with Crippen LogP contribution in [0.25, 0.3) is 0 Å². The molecule has 2 saturated carbocycles. The lowest BCUT2D eigenvalue weighted by atomic mass is 9.44. The Morgan fingerprint density at radius 3 is 2.36 bits per heavy atom. The van der Waals surface area contributed by atoms with Crippen LogP contribution in [0.3, 0.4) is 0 Å². The Bertz CT molecular complexity index is 187. The Balaban J connectivity index is 2.15. The minimum atomic E-state index is 0.653. The fourth-order valence-electron chi connectivity index (χ4n) is 4.53. The number of rotatable bonds is 3. The van der Waals surface area contributed by atoms with Crippen LogP contribution in [0.2, 0.25) is 0 Å². The summed E-state index contributed by atoms with van der Waals surface area (Å²) < 4.78 is 0. The second-order valence-corrected chi connectivity index (χ2v) is 5.26. The van der Waals surface area contributed by atoms with E-state index >= 15 is 0 Å². The van der Waals surface area contributed by atoms with E-state index in [9.17, 15) is 0 Å². The predicted molar refractivity (Wildman–Crippen MR) is 61.3 cm³/mol. The molecule has 0 aromatic rings. The van der Waals surface area contributed by atoms with Crippen molar-refractivity contribution in [3.63, 3.8) is 0 Å². The summed E-state index contributed by atoms with van der Waals surface area (Å²) >= 11 is 0. The van der Waals surface area contributed by atoms with Crippen LogP contribution in [0.5, 0.6) is 0 Å². The molecular formula is C13H25N. The minimum Gasteiger partial charge on any atom is -0.316 e. The van der Waals surface area contributed by atoms with Crippen LogP contribution in [-0.4, -0.2) is 13.1 Å². The van der Waals surface area contributed by atoms with Crippen molar-refractivity contribution in [3.05, 3.63) is 0 Å². The van der Waals surface area contributed by atoms with Crippen molar-refractivity contribution in [2.24, 2.45) is 17.3 Å². The quantitative estimate of drug-likeness (QED) is 0.729. The van der Waals surface area contributed by atoms with Crippen LogP contribution in [0.15, 0.2) is 0 Å². The number of hydrogen-bond acceptors (Lipinski definition) is 1. The lowest BCUT2D eigenvalue weighted by Gasteiger charge is -2.64. The van der Waals surface area contributed by atoms with Crippen molar-refractivity contribution in [2.75, 3.05) is 7.05 Å². The molecule has 14 heavy (non-hydrogen) atoms. The molecule has 2 fully saturated rings. The molecule has 0 bridgehead atoms. The smallest absolute Gasteiger partial charge is 0.0154 e. The van der Waals surface area contributed by atoms with E-state index in [-0.39, 0.29) is 0 Å².